The molecule has 0 aliphatic heterocycles. The van der Waals surface area contributed by atoms with Gasteiger partial charge in [0.15, 0.2) is 0 Å². The summed E-state index contributed by atoms with van der Waals surface area (Å²) in [6.45, 7) is 3.23. The smallest absolute Gasteiger partial charge is 0.219 e. The van der Waals surface area contributed by atoms with E-state index in [1.165, 1.54) is 0 Å². The minimum Gasteiger partial charge on any atom is -0.492 e. The summed E-state index contributed by atoms with van der Waals surface area (Å²) in [4.78, 5) is 13.5. The number of anilines is 2. The number of hydrogen-bond donors (Lipinski definition) is 2. The van der Waals surface area contributed by atoms with Gasteiger partial charge in [-0.25, -0.2) is 0 Å². The summed E-state index contributed by atoms with van der Waals surface area (Å²) in [6, 6.07) is 14.9. The number of ether oxygens (including phenoxy) is 1. The summed E-state index contributed by atoms with van der Waals surface area (Å²) < 4.78 is 5.64. The van der Waals surface area contributed by atoms with E-state index in [1.54, 1.807) is 24.0 Å². The van der Waals surface area contributed by atoms with Crippen molar-refractivity contribution in [3.63, 3.8) is 0 Å². The molecule has 0 aromatic heterocycles. The highest BCUT2D eigenvalue weighted by Crippen LogP contribution is 2.13. The Morgan fingerprint density at radius 2 is 1.52 bits per heavy atom. The largest absolute Gasteiger partial charge is 0.492 e. The molecule has 2 aromatic rings. The van der Waals surface area contributed by atoms with Gasteiger partial charge in [-0.15, -0.1) is 0 Å². The van der Waals surface area contributed by atoms with Crippen molar-refractivity contribution < 1.29 is 9.53 Å². The molecular formula is C18H23N3O2. The molecule has 0 fully saturated rings. The number of amides is 1. The van der Waals surface area contributed by atoms with Crippen LogP contribution in [0.3, 0.4) is 0 Å². The van der Waals surface area contributed by atoms with E-state index in [9.17, 15) is 4.79 Å². The van der Waals surface area contributed by atoms with Crippen molar-refractivity contribution in [2.45, 2.75) is 13.3 Å². The SMILES string of the molecule is CC(=O)N(CCOc1ccc(N)cc1)CCc1ccc(N)cc1. The molecule has 0 aliphatic rings. The third-order valence-electron chi connectivity index (χ3n) is 3.61. The van der Waals surface area contributed by atoms with Crippen LogP contribution in [-0.4, -0.2) is 30.5 Å². The maximum absolute atomic E-state index is 11.7. The molecule has 0 saturated carbocycles. The van der Waals surface area contributed by atoms with Gasteiger partial charge in [-0.2, -0.15) is 0 Å². The maximum Gasteiger partial charge on any atom is 0.219 e. The first-order chi connectivity index (χ1) is 11.0. The lowest BCUT2D eigenvalue weighted by Gasteiger charge is -2.21. The summed E-state index contributed by atoms with van der Waals surface area (Å²) in [7, 11) is 0. The molecule has 0 aliphatic carbocycles. The van der Waals surface area contributed by atoms with Crippen LogP contribution in [0.4, 0.5) is 11.4 Å². The van der Waals surface area contributed by atoms with Gasteiger partial charge in [0.05, 0.1) is 6.54 Å². The molecule has 0 spiro atoms. The maximum atomic E-state index is 11.7. The molecule has 0 unspecified atom stereocenters. The molecular weight excluding hydrogens is 290 g/mol. The minimum atomic E-state index is 0.0429. The summed E-state index contributed by atoms with van der Waals surface area (Å²) in [5.74, 6) is 0.794. The lowest BCUT2D eigenvalue weighted by molar-refractivity contribution is -0.129. The van der Waals surface area contributed by atoms with Crippen LogP contribution >= 0.6 is 0 Å². The summed E-state index contributed by atoms with van der Waals surface area (Å²) in [5.41, 5.74) is 13.9. The Labute approximate surface area is 136 Å². The fourth-order valence-corrected chi connectivity index (χ4v) is 2.21. The monoisotopic (exact) mass is 313 g/mol. The van der Waals surface area contributed by atoms with Crippen molar-refractivity contribution in [2.24, 2.45) is 0 Å². The first-order valence-corrected chi connectivity index (χ1v) is 7.63. The van der Waals surface area contributed by atoms with Crippen LogP contribution in [-0.2, 0) is 11.2 Å². The van der Waals surface area contributed by atoms with Crippen LogP contribution in [0.5, 0.6) is 5.75 Å². The normalized spacial score (nSPS) is 10.3. The third kappa shape index (κ3) is 5.54. The van der Waals surface area contributed by atoms with Gasteiger partial charge in [0.25, 0.3) is 0 Å². The molecule has 2 aromatic carbocycles. The predicted molar refractivity (Wildman–Crippen MR) is 93.2 cm³/mol. The Hall–Kier alpha value is -2.69. The van der Waals surface area contributed by atoms with E-state index in [4.69, 9.17) is 16.2 Å². The van der Waals surface area contributed by atoms with E-state index in [-0.39, 0.29) is 5.91 Å². The first kappa shape index (κ1) is 16.7. The van der Waals surface area contributed by atoms with Gasteiger partial charge in [-0.05, 0) is 48.4 Å². The molecule has 0 saturated heterocycles. The number of nitrogens with two attached hydrogens (primary N) is 2. The molecule has 0 atom stereocenters. The molecule has 2 rings (SSSR count). The number of benzene rings is 2. The third-order valence-corrected chi connectivity index (χ3v) is 3.61. The van der Waals surface area contributed by atoms with Crippen molar-refractivity contribution in [1.82, 2.24) is 4.90 Å². The second kappa shape index (κ2) is 8.08. The van der Waals surface area contributed by atoms with Crippen LogP contribution in [0.1, 0.15) is 12.5 Å². The number of carbonyl (C=O) groups excluding carboxylic acids is 1. The number of hydrogen-bond acceptors (Lipinski definition) is 4. The molecule has 5 nitrogen and oxygen atoms in total. The zero-order chi connectivity index (χ0) is 16.7. The van der Waals surface area contributed by atoms with Crippen molar-refractivity contribution >= 4 is 17.3 Å². The van der Waals surface area contributed by atoms with Gasteiger partial charge in [0, 0.05) is 24.8 Å². The standard InChI is InChI=1S/C18H23N3O2/c1-14(22)21(11-10-15-2-4-16(19)5-3-15)12-13-23-18-8-6-17(20)7-9-18/h2-9H,10-13,19-20H2,1H3. The average molecular weight is 313 g/mol. The van der Waals surface area contributed by atoms with Gasteiger partial charge >= 0.3 is 0 Å². The number of nitrogen functional groups attached to an aromatic ring is 2. The molecule has 0 bridgehead atoms. The highest BCUT2D eigenvalue weighted by molar-refractivity contribution is 5.73. The highest BCUT2D eigenvalue weighted by Gasteiger charge is 2.09. The van der Waals surface area contributed by atoms with Crippen LogP contribution in [0.25, 0.3) is 0 Å². The van der Waals surface area contributed by atoms with Crippen molar-refractivity contribution in [3.8, 4) is 5.75 Å². The van der Waals surface area contributed by atoms with E-state index in [0.717, 1.165) is 23.4 Å². The Kier molecular flexibility index (Phi) is 5.86. The van der Waals surface area contributed by atoms with Gasteiger partial charge in [0.2, 0.25) is 5.91 Å². The minimum absolute atomic E-state index is 0.0429. The van der Waals surface area contributed by atoms with E-state index in [1.807, 2.05) is 36.4 Å². The predicted octanol–water partition coefficient (Wildman–Crippen LogP) is 2.32. The van der Waals surface area contributed by atoms with Gasteiger partial charge in [-0.1, -0.05) is 12.1 Å². The second-order valence-electron chi connectivity index (χ2n) is 5.42. The van der Waals surface area contributed by atoms with E-state index >= 15 is 0 Å². The topological polar surface area (TPSA) is 81.6 Å². The number of nitrogens with zero attached hydrogens (tertiary/aromatic N) is 1. The molecule has 4 N–H and O–H groups in total. The van der Waals surface area contributed by atoms with Gasteiger partial charge in [-0.3, -0.25) is 4.79 Å². The number of rotatable bonds is 7. The quantitative estimate of drug-likeness (QED) is 0.769. The molecule has 1 amide bonds. The van der Waals surface area contributed by atoms with Crippen molar-refractivity contribution in [3.05, 3.63) is 54.1 Å². The van der Waals surface area contributed by atoms with Gasteiger partial charge in [0.1, 0.15) is 12.4 Å². The Bertz CT molecular complexity index is 624. The van der Waals surface area contributed by atoms with E-state index in [2.05, 4.69) is 0 Å². The second-order valence-corrected chi connectivity index (χ2v) is 5.42. The first-order valence-electron chi connectivity index (χ1n) is 7.63. The molecule has 23 heavy (non-hydrogen) atoms. The molecule has 0 heterocycles. The van der Waals surface area contributed by atoms with Gasteiger partial charge < -0.3 is 21.1 Å². The lowest BCUT2D eigenvalue weighted by Crippen LogP contribution is -2.34. The van der Waals surface area contributed by atoms with Crippen LogP contribution in [0.2, 0.25) is 0 Å². The van der Waals surface area contributed by atoms with Crippen LogP contribution in [0, 0.1) is 0 Å². The Morgan fingerprint density at radius 1 is 0.957 bits per heavy atom. The molecule has 122 valence electrons. The lowest BCUT2D eigenvalue weighted by atomic mass is 10.1. The number of carbonyl (C=O) groups is 1. The van der Waals surface area contributed by atoms with E-state index in [0.29, 0.717) is 25.4 Å². The molecule has 0 radical (unpaired) electrons. The van der Waals surface area contributed by atoms with Crippen LogP contribution in [0.15, 0.2) is 48.5 Å². The highest BCUT2D eigenvalue weighted by atomic mass is 16.5. The Balaban J connectivity index is 1.80. The Morgan fingerprint density at radius 3 is 2.09 bits per heavy atom. The molecule has 5 heteroatoms. The fourth-order valence-electron chi connectivity index (χ4n) is 2.21. The zero-order valence-electron chi connectivity index (χ0n) is 13.4. The summed E-state index contributed by atoms with van der Waals surface area (Å²) in [5, 5.41) is 0. The van der Waals surface area contributed by atoms with Crippen LogP contribution < -0.4 is 16.2 Å². The fraction of sp³-hybridized carbons (Fsp3) is 0.278. The van der Waals surface area contributed by atoms with E-state index < -0.39 is 0 Å². The van der Waals surface area contributed by atoms with Crippen molar-refractivity contribution in [1.29, 1.82) is 0 Å². The zero-order valence-corrected chi connectivity index (χ0v) is 13.4. The average Bonchev–Trinajstić information content (AvgIpc) is 2.53. The summed E-state index contributed by atoms with van der Waals surface area (Å²) >= 11 is 0. The summed E-state index contributed by atoms with van der Waals surface area (Å²) in [6.07, 6.45) is 0.793. The van der Waals surface area contributed by atoms with Crippen molar-refractivity contribution in [2.75, 3.05) is 31.2 Å².